The van der Waals surface area contributed by atoms with Gasteiger partial charge in [0.15, 0.2) is 11.5 Å². The first-order valence-electron chi connectivity index (χ1n) is 12.2. The molecule has 0 radical (unpaired) electrons. The molecule has 0 bridgehead atoms. The van der Waals surface area contributed by atoms with Crippen LogP contribution in [-0.2, 0) is 9.53 Å². The Morgan fingerprint density at radius 2 is 2.00 bits per heavy atom. The molecule has 1 amide bonds. The Kier molecular flexibility index (Phi) is 10.1. The van der Waals surface area contributed by atoms with Gasteiger partial charge in [0.2, 0.25) is 5.91 Å². The van der Waals surface area contributed by atoms with E-state index in [-0.39, 0.29) is 5.91 Å². The maximum absolute atomic E-state index is 12.7. The zero-order valence-corrected chi connectivity index (χ0v) is 19.7. The van der Waals surface area contributed by atoms with Gasteiger partial charge in [-0.05, 0) is 43.5 Å². The molecule has 1 saturated heterocycles. The van der Waals surface area contributed by atoms with Crippen LogP contribution in [0.5, 0.6) is 11.5 Å². The third kappa shape index (κ3) is 7.09. The van der Waals surface area contributed by atoms with E-state index < -0.39 is 12.1 Å². The minimum absolute atomic E-state index is 0.00517. The van der Waals surface area contributed by atoms with Gasteiger partial charge in [0.25, 0.3) is 0 Å². The number of aliphatic hydroxyl groups excluding tert-OH is 1. The summed E-state index contributed by atoms with van der Waals surface area (Å²) in [6.07, 6.45) is 7.36. The quantitative estimate of drug-likeness (QED) is 0.450. The molecular weight excluding hydrogens is 408 g/mol. The number of carbonyl (C=O) groups is 1. The second-order valence-corrected chi connectivity index (χ2v) is 8.93. The van der Waals surface area contributed by atoms with Gasteiger partial charge in [-0.1, -0.05) is 38.7 Å². The number of ether oxygens (including phenoxy) is 3. The minimum atomic E-state index is -0.835. The van der Waals surface area contributed by atoms with Crippen LogP contribution in [0.2, 0.25) is 0 Å². The summed E-state index contributed by atoms with van der Waals surface area (Å²) in [5.74, 6) is 1.34. The van der Waals surface area contributed by atoms with Gasteiger partial charge in [-0.2, -0.15) is 0 Å². The predicted octanol–water partition coefficient (Wildman–Crippen LogP) is 3.45. The number of amides is 1. The SMILES string of the molecule is CCCCCCCC(=O)N[C@H](CN1CCC[C@H]1COC)C(O)c1ccc2c(c1)OCCO2. The fourth-order valence-electron chi connectivity index (χ4n) is 4.64. The van der Waals surface area contributed by atoms with E-state index in [9.17, 15) is 9.90 Å². The number of rotatable bonds is 13. The lowest BCUT2D eigenvalue weighted by molar-refractivity contribution is -0.123. The van der Waals surface area contributed by atoms with Crippen LogP contribution < -0.4 is 14.8 Å². The van der Waals surface area contributed by atoms with Gasteiger partial charge >= 0.3 is 0 Å². The summed E-state index contributed by atoms with van der Waals surface area (Å²) in [6.45, 7) is 5.42. The normalized spacial score (nSPS) is 20.2. The van der Waals surface area contributed by atoms with Crippen molar-refractivity contribution in [3.05, 3.63) is 23.8 Å². The highest BCUT2D eigenvalue weighted by atomic mass is 16.6. The van der Waals surface area contributed by atoms with Crippen LogP contribution in [-0.4, -0.2) is 68.0 Å². The summed E-state index contributed by atoms with van der Waals surface area (Å²) in [5.41, 5.74) is 0.727. The van der Waals surface area contributed by atoms with Crippen molar-refractivity contribution >= 4 is 5.91 Å². The average Bonchev–Trinajstić information content (AvgIpc) is 3.24. The number of unbranched alkanes of at least 4 members (excludes halogenated alkanes) is 4. The third-order valence-corrected chi connectivity index (χ3v) is 6.43. The van der Waals surface area contributed by atoms with Crippen LogP contribution in [0.15, 0.2) is 18.2 Å². The lowest BCUT2D eigenvalue weighted by Gasteiger charge is -2.32. The largest absolute Gasteiger partial charge is 0.486 e. The van der Waals surface area contributed by atoms with Crippen LogP contribution >= 0.6 is 0 Å². The molecule has 32 heavy (non-hydrogen) atoms. The predicted molar refractivity (Wildman–Crippen MR) is 124 cm³/mol. The molecule has 1 aromatic carbocycles. The first-order chi connectivity index (χ1) is 15.6. The lowest BCUT2D eigenvalue weighted by Crippen LogP contribution is -2.49. The molecule has 2 aliphatic heterocycles. The molecule has 2 heterocycles. The van der Waals surface area contributed by atoms with E-state index in [4.69, 9.17) is 14.2 Å². The van der Waals surface area contributed by atoms with Gasteiger partial charge in [-0.15, -0.1) is 0 Å². The van der Waals surface area contributed by atoms with Crippen molar-refractivity contribution in [1.82, 2.24) is 10.2 Å². The van der Waals surface area contributed by atoms with Gasteiger partial charge in [-0.3, -0.25) is 9.69 Å². The standard InChI is InChI=1S/C25H40N2O5/c1-3-4-5-6-7-10-24(28)26-21(17-27-13-8-9-20(27)18-30-2)25(29)19-11-12-22-23(16-19)32-15-14-31-22/h11-12,16,20-21,25,29H,3-10,13-15,17-18H2,1-2H3,(H,26,28)/t20-,21+,25?/m0/s1. The summed E-state index contributed by atoms with van der Waals surface area (Å²) >= 11 is 0. The molecule has 180 valence electrons. The smallest absolute Gasteiger partial charge is 0.220 e. The summed E-state index contributed by atoms with van der Waals surface area (Å²) < 4.78 is 16.7. The number of nitrogens with zero attached hydrogens (tertiary/aromatic N) is 1. The Labute approximate surface area is 192 Å². The zero-order valence-electron chi connectivity index (χ0n) is 19.7. The van der Waals surface area contributed by atoms with Gasteiger partial charge in [0, 0.05) is 26.1 Å². The molecule has 3 rings (SSSR count). The van der Waals surface area contributed by atoms with Crippen LogP contribution in [0.1, 0.15) is 70.0 Å². The van der Waals surface area contributed by atoms with Crippen molar-refractivity contribution in [1.29, 1.82) is 0 Å². The molecule has 0 aliphatic carbocycles. The lowest BCUT2D eigenvalue weighted by atomic mass is 10.00. The maximum Gasteiger partial charge on any atom is 0.220 e. The number of hydrogen-bond acceptors (Lipinski definition) is 6. The number of aliphatic hydroxyl groups is 1. The van der Waals surface area contributed by atoms with Crippen LogP contribution in [0.3, 0.4) is 0 Å². The molecule has 1 unspecified atom stereocenters. The molecule has 0 aromatic heterocycles. The zero-order chi connectivity index (χ0) is 22.8. The molecular formula is C25H40N2O5. The van der Waals surface area contributed by atoms with E-state index in [1.165, 1.54) is 19.3 Å². The number of likely N-dealkylation sites (tertiary alicyclic amines) is 1. The van der Waals surface area contributed by atoms with Crippen molar-refractivity contribution in [3.63, 3.8) is 0 Å². The molecule has 0 spiro atoms. The molecule has 1 aromatic rings. The van der Waals surface area contributed by atoms with Crippen molar-refractivity contribution in [2.45, 2.75) is 76.5 Å². The highest BCUT2D eigenvalue weighted by Gasteiger charge is 2.31. The van der Waals surface area contributed by atoms with Gasteiger partial charge in [-0.25, -0.2) is 0 Å². The van der Waals surface area contributed by atoms with E-state index in [1.807, 2.05) is 18.2 Å². The molecule has 2 aliphatic rings. The van der Waals surface area contributed by atoms with Crippen LogP contribution in [0.25, 0.3) is 0 Å². The van der Waals surface area contributed by atoms with Crippen LogP contribution in [0, 0.1) is 0 Å². The average molecular weight is 449 g/mol. The van der Waals surface area contributed by atoms with Gasteiger partial charge in [0.1, 0.15) is 19.3 Å². The minimum Gasteiger partial charge on any atom is -0.486 e. The number of benzene rings is 1. The number of nitrogens with one attached hydrogen (secondary N) is 1. The molecule has 1 fully saturated rings. The molecule has 7 nitrogen and oxygen atoms in total. The second-order valence-electron chi connectivity index (χ2n) is 8.93. The molecule has 0 saturated carbocycles. The molecule has 3 atom stereocenters. The Morgan fingerprint density at radius 3 is 2.78 bits per heavy atom. The first-order valence-corrected chi connectivity index (χ1v) is 12.2. The highest BCUT2D eigenvalue weighted by Crippen LogP contribution is 2.34. The van der Waals surface area contributed by atoms with Crippen molar-refractivity contribution in [2.75, 3.05) is 40.0 Å². The third-order valence-electron chi connectivity index (χ3n) is 6.43. The first kappa shape index (κ1) is 24.8. The number of hydrogen-bond donors (Lipinski definition) is 2. The summed E-state index contributed by atoms with van der Waals surface area (Å²) in [6, 6.07) is 5.45. The Morgan fingerprint density at radius 1 is 1.22 bits per heavy atom. The van der Waals surface area contributed by atoms with E-state index >= 15 is 0 Å². The molecule has 7 heteroatoms. The molecule has 2 N–H and O–H groups in total. The van der Waals surface area contributed by atoms with Crippen molar-refractivity contribution < 1.29 is 24.1 Å². The monoisotopic (exact) mass is 448 g/mol. The van der Waals surface area contributed by atoms with Crippen molar-refractivity contribution in [3.8, 4) is 11.5 Å². The Hall–Kier alpha value is -1.83. The maximum atomic E-state index is 12.7. The summed E-state index contributed by atoms with van der Waals surface area (Å²) in [4.78, 5) is 15.1. The van der Waals surface area contributed by atoms with Gasteiger partial charge < -0.3 is 24.6 Å². The van der Waals surface area contributed by atoms with Crippen LogP contribution in [0.4, 0.5) is 0 Å². The fourth-order valence-corrected chi connectivity index (χ4v) is 4.64. The van der Waals surface area contributed by atoms with E-state index in [0.717, 1.165) is 37.8 Å². The number of methoxy groups -OCH3 is 1. The van der Waals surface area contributed by atoms with E-state index in [0.29, 0.717) is 50.3 Å². The number of carbonyl (C=O) groups excluding carboxylic acids is 1. The Bertz CT molecular complexity index is 714. The topological polar surface area (TPSA) is 80.3 Å². The van der Waals surface area contributed by atoms with Crippen molar-refractivity contribution in [2.24, 2.45) is 0 Å². The second kappa shape index (κ2) is 13.0. The summed E-state index contributed by atoms with van der Waals surface area (Å²) in [5, 5.41) is 14.4. The van der Waals surface area contributed by atoms with E-state index in [1.54, 1.807) is 7.11 Å². The number of fused-ring (bicyclic) bond motifs is 1. The highest BCUT2D eigenvalue weighted by molar-refractivity contribution is 5.76. The Balaban J connectivity index is 1.67. The van der Waals surface area contributed by atoms with E-state index in [2.05, 4.69) is 17.1 Å². The van der Waals surface area contributed by atoms with Gasteiger partial charge in [0.05, 0.1) is 12.6 Å². The summed E-state index contributed by atoms with van der Waals surface area (Å²) in [7, 11) is 1.72. The fraction of sp³-hybridized carbons (Fsp3) is 0.720.